The average Bonchev–Trinajstić information content (AvgIpc) is 3.18. The monoisotopic (exact) mass is 321 g/mol. The van der Waals surface area contributed by atoms with Gasteiger partial charge in [-0.25, -0.2) is 0 Å². The molecule has 2 heterocycles. The second-order valence-electron chi connectivity index (χ2n) is 5.29. The number of aliphatic imine (C=N–C) groups is 1. The molecule has 0 radical (unpaired) electrons. The Kier molecular flexibility index (Phi) is 6.39. The Bertz CT molecular complexity index is 577. The van der Waals surface area contributed by atoms with Gasteiger partial charge in [-0.1, -0.05) is 19.0 Å². The number of rotatable bonds is 7. The lowest BCUT2D eigenvalue weighted by Gasteiger charge is -2.10. The van der Waals surface area contributed by atoms with Gasteiger partial charge >= 0.3 is 0 Å². The molecule has 0 bridgehead atoms. The third-order valence-electron chi connectivity index (χ3n) is 3.12. The lowest BCUT2D eigenvalue weighted by atomic mass is 10.2. The highest BCUT2D eigenvalue weighted by Crippen LogP contribution is 2.10. The molecule has 0 atom stereocenters. The van der Waals surface area contributed by atoms with Gasteiger partial charge in [0.2, 0.25) is 5.89 Å². The van der Waals surface area contributed by atoms with Crippen LogP contribution in [-0.4, -0.2) is 29.7 Å². The van der Waals surface area contributed by atoms with Crippen molar-refractivity contribution in [2.75, 3.05) is 13.6 Å². The highest BCUT2D eigenvalue weighted by Gasteiger charge is 2.09. The standard InChI is InChI=1S/C15H23N5OS/c1-11(2)14-19-13(21-20-14)5-4-7-17-15(16-3)18-9-12-6-8-22-10-12/h6,8,10-11H,4-5,7,9H2,1-3H3,(H2,16,17,18). The summed E-state index contributed by atoms with van der Waals surface area (Å²) in [6.07, 6.45) is 1.69. The number of aromatic nitrogens is 2. The number of hydrogen-bond donors (Lipinski definition) is 2. The van der Waals surface area contributed by atoms with Gasteiger partial charge in [-0.05, 0) is 28.8 Å². The minimum Gasteiger partial charge on any atom is -0.356 e. The van der Waals surface area contributed by atoms with Crippen LogP contribution in [0.5, 0.6) is 0 Å². The molecule has 2 aromatic rings. The number of thiophene rings is 1. The lowest BCUT2D eigenvalue weighted by Crippen LogP contribution is -2.37. The summed E-state index contributed by atoms with van der Waals surface area (Å²) >= 11 is 1.70. The van der Waals surface area contributed by atoms with Crippen molar-refractivity contribution in [1.29, 1.82) is 0 Å². The topological polar surface area (TPSA) is 75.3 Å². The summed E-state index contributed by atoms with van der Waals surface area (Å²) in [5, 5.41) is 14.7. The van der Waals surface area contributed by atoms with Gasteiger partial charge in [-0.2, -0.15) is 16.3 Å². The first-order chi connectivity index (χ1) is 10.7. The summed E-state index contributed by atoms with van der Waals surface area (Å²) in [7, 11) is 1.77. The summed E-state index contributed by atoms with van der Waals surface area (Å²) in [5.41, 5.74) is 1.26. The lowest BCUT2D eigenvalue weighted by molar-refractivity contribution is 0.368. The predicted octanol–water partition coefficient (Wildman–Crippen LogP) is 2.55. The number of guanidine groups is 1. The molecule has 22 heavy (non-hydrogen) atoms. The molecule has 0 aliphatic carbocycles. The zero-order valence-electron chi connectivity index (χ0n) is 13.3. The van der Waals surface area contributed by atoms with Crippen molar-refractivity contribution in [2.24, 2.45) is 4.99 Å². The molecule has 2 aromatic heterocycles. The van der Waals surface area contributed by atoms with Crippen molar-refractivity contribution < 1.29 is 4.52 Å². The third-order valence-corrected chi connectivity index (χ3v) is 3.86. The van der Waals surface area contributed by atoms with E-state index in [0.717, 1.165) is 37.7 Å². The SMILES string of the molecule is CN=C(NCCCc1nc(C(C)C)no1)NCc1ccsc1. The number of hydrogen-bond acceptors (Lipinski definition) is 5. The van der Waals surface area contributed by atoms with Crippen LogP contribution in [0.3, 0.4) is 0 Å². The van der Waals surface area contributed by atoms with E-state index >= 15 is 0 Å². The molecule has 2 rings (SSSR count). The third kappa shape index (κ3) is 5.14. The van der Waals surface area contributed by atoms with Crippen molar-refractivity contribution in [3.63, 3.8) is 0 Å². The molecule has 0 saturated heterocycles. The first-order valence-electron chi connectivity index (χ1n) is 7.47. The van der Waals surface area contributed by atoms with E-state index in [1.54, 1.807) is 18.4 Å². The van der Waals surface area contributed by atoms with E-state index in [-0.39, 0.29) is 0 Å². The molecule has 0 fully saturated rings. The summed E-state index contributed by atoms with van der Waals surface area (Å²) < 4.78 is 5.22. The van der Waals surface area contributed by atoms with Gasteiger partial charge in [0.1, 0.15) is 0 Å². The Morgan fingerprint density at radius 2 is 2.27 bits per heavy atom. The molecular formula is C15H23N5OS. The number of nitrogens with one attached hydrogen (secondary N) is 2. The highest BCUT2D eigenvalue weighted by molar-refractivity contribution is 7.07. The van der Waals surface area contributed by atoms with Crippen LogP contribution in [0.25, 0.3) is 0 Å². The molecule has 0 unspecified atom stereocenters. The van der Waals surface area contributed by atoms with Gasteiger partial charge < -0.3 is 15.2 Å². The fourth-order valence-corrected chi connectivity index (χ4v) is 2.52. The minimum atomic E-state index is 0.302. The van der Waals surface area contributed by atoms with E-state index in [1.165, 1.54) is 5.56 Å². The second-order valence-corrected chi connectivity index (χ2v) is 6.07. The average molecular weight is 321 g/mol. The van der Waals surface area contributed by atoms with Gasteiger partial charge in [0.25, 0.3) is 0 Å². The van der Waals surface area contributed by atoms with Crippen LogP contribution < -0.4 is 10.6 Å². The minimum absolute atomic E-state index is 0.302. The summed E-state index contributed by atoms with van der Waals surface area (Å²) in [6.45, 7) is 5.70. The van der Waals surface area contributed by atoms with E-state index < -0.39 is 0 Å². The van der Waals surface area contributed by atoms with Gasteiger partial charge in [0, 0.05) is 32.5 Å². The molecular weight excluding hydrogens is 298 g/mol. The van der Waals surface area contributed by atoms with Crippen LogP contribution in [0.1, 0.15) is 43.5 Å². The van der Waals surface area contributed by atoms with Gasteiger partial charge in [-0.3, -0.25) is 4.99 Å². The Labute approximate surface area is 135 Å². The van der Waals surface area contributed by atoms with Crippen LogP contribution in [-0.2, 0) is 13.0 Å². The first kappa shape index (κ1) is 16.5. The van der Waals surface area contributed by atoms with Gasteiger partial charge in [0.05, 0.1) is 0 Å². The second kappa shape index (κ2) is 8.53. The Morgan fingerprint density at radius 3 is 2.91 bits per heavy atom. The molecule has 120 valence electrons. The molecule has 0 aromatic carbocycles. The maximum atomic E-state index is 5.22. The summed E-state index contributed by atoms with van der Waals surface area (Å²) in [4.78, 5) is 8.57. The highest BCUT2D eigenvalue weighted by atomic mass is 32.1. The molecule has 6 nitrogen and oxygen atoms in total. The van der Waals surface area contributed by atoms with Gasteiger partial charge in [0.15, 0.2) is 11.8 Å². The van der Waals surface area contributed by atoms with E-state index in [1.807, 2.05) is 0 Å². The van der Waals surface area contributed by atoms with E-state index in [2.05, 4.69) is 56.4 Å². The number of aryl methyl sites for hydroxylation is 1. The van der Waals surface area contributed by atoms with Crippen molar-refractivity contribution in [1.82, 2.24) is 20.8 Å². The Balaban J connectivity index is 1.65. The summed E-state index contributed by atoms with van der Waals surface area (Å²) in [6, 6.07) is 2.10. The van der Waals surface area contributed by atoms with Crippen molar-refractivity contribution in [3.05, 3.63) is 34.1 Å². The molecule has 0 aliphatic heterocycles. The molecule has 0 spiro atoms. The maximum absolute atomic E-state index is 5.22. The van der Waals surface area contributed by atoms with Crippen molar-refractivity contribution >= 4 is 17.3 Å². The van der Waals surface area contributed by atoms with Crippen LogP contribution in [0, 0.1) is 0 Å². The molecule has 0 aliphatic rings. The van der Waals surface area contributed by atoms with Crippen LogP contribution in [0.15, 0.2) is 26.3 Å². The smallest absolute Gasteiger partial charge is 0.226 e. The predicted molar refractivity (Wildman–Crippen MR) is 89.2 cm³/mol. The van der Waals surface area contributed by atoms with E-state index in [9.17, 15) is 0 Å². The zero-order chi connectivity index (χ0) is 15.8. The molecule has 0 saturated carbocycles. The fraction of sp³-hybridized carbons (Fsp3) is 0.533. The molecule has 0 amide bonds. The van der Waals surface area contributed by atoms with E-state index in [4.69, 9.17) is 4.52 Å². The normalized spacial score (nSPS) is 11.9. The first-order valence-corrected chi connectivity index (χ1v) is 8.41. The zero-order valence-corrected chi connectivity index (χ0v) is 14.1. The Morgan fingerprint density at radius 1 is 1.41 bits per heavy atom. The van der Waals surface area contributed by atoms with Crippen molar-refractivity contribution in [2.45, 2.75) is 39.2 Å². The van der Waals surface area contributed by atoms with Crippen LogP contribution in [0.2, 0.25) is 0 Å². The van der Waals surface area contributed by atoms with Crippen molar-refractivity contribution in [3.8, 4) is 0 Å². The van der Waals surface area contributed by atoms with Crippen LogP contribution in [0.4, 0.5) is 0 Å². The maximum Gasteiger partial charge on any atom is 0.226 e. The fourth-order valence-electron chi connectivity index (χ4n) is 1.85. The largest absolute Gasteiger partial charge is 0.356 e. The van der Waals surface area contributed by atoms with Crippen LogP contribution >= 0.6 is 11.3 Å². The molecule has 2 N–H and O–H groups in total. The molecule has 7 heteroatoms. The Hall–Kier alpha value is -1.89. The quantitative estimate of drug-likeness (QED) is 0.466. The number of nitrogens with zero attached hydrogens (tertiary/aromatic N) is 3. The summed E-state index contributed by atoms with van der Waals surface area (Å²) in [5.74, 6) is 2.58. The van der Waals surface area contributed by atoms with Gasteiger partial charge in [-0.15, -0.1) is 0 Å². The van der Waals surface area contributed by atoms with E-state index in [0.29, 0.717) is 11.8 Å².